The molecule has 1 aliphatic rings. The number of amides is 1. The number of terminal acetylenes is 1. The molecule has 1 amide bonds. The first-order valence-corrected chi connectivity index (χ1v) is 9.32. The predicted octanol–water partition coefficient (Wildman–Crippen LogP) is 2.32. The molecule has 0 fully saturated rings. The van der Waals surface area contributed by atoms with E-state index < -0.39 is 6.10 Å². The van der Waals surface area contributed by atoms with Crippen LogP contribution >= 0.6 is 0 Å². The van der Waals surface area contributed by atoms with Crippen molar-refractivity contribution in [1.29, 1.82) is 0 Å². The summed E-state index contributed by atoms with van der Waals surface area (Å²) in [7, 11) is 0. The van der Waals surface area contributed by atoms with Crippen LogP contribution in [0.25, 0.3) is 5.69 Å². The standard InChI is InChI=1S/C23H20N4O2/c1-3-16-9-10-19-18(11-16)21(17-7-5-4-6-8-17)24-13-20-22(26-14-27(19)20)23(29)25-12-15(2)28/h1,4-11,14-15,28H,12-13H2,2H3,(H,25,29)/t15-/m1/s1. The van der Waals surface area contributed by atoms with E-state index in [2.05, 4.69) is 16.2 Å². The molecule has 29 heavy (non-hydrogen) atoms. The van der Waals surface area contributed by atoms with Crippen molar-refractivity contribution in [2.75, 3.05) is 6.54 Å². The zero-order valence-corrected chi connectivity index (χ0v) is 16.0. The van der Waals surface area contributed by atoms with Crippen LogP contribution in [0.1, 0.15) is 39.8 Å². The van der Waals surface area contributed by atoms with Gasteiger partial charge in [-0.3, -0.25) is 14.4 Å². The highest BCUT2D eigenvalue weighted by atomic mass is 16.3. The van der Waals surface area contributed by atoms with Crippen molar-refractivity contribution in [3.63, 3.8) is 0 Å². The minimum Gasteiger partial charge on any atom is -0.392 e. The molecule has 0 saturated heterocycles. The molecule has 6 nitrogen and oxygen atoms in total. The molecule has 3 aromatic rings. The Balaban J connectivity index is 1.85. The number of fused-ring (bicyclic) bond motifs is 3. The summed E-state index contributed by atoms with van der Waals surface area (Å²) in [6.07, 6.45) is 6.62. The van der Waals surface area contributed by atoms with E-state index in [1.54, 1.807) is 13.3 Å². The van der Waals surface area contributed by atoms with Gasteiger partial charge < -0.3 is 10.4 Å². The number of hydrogen-bond donors (Lipinski definition) is 2. The first-order chi connectivity index (χ1) is 14.1. The number of carbonyl (C=O) groups excluding carboxylic acids is 1. The molecule has 144 valence electrons. The maximum Gasteiger partial charge on any atom is 0.271 e. The molecule has 1 aliphatic heterocycles. The minimum absolute atomic E-state index is 0.159. The topological polar surface area (TPSA) is 79.5 Å². The molecule has 1 aromatic heterocycles. The van der Waals surface area contributed by atoms with Crippen LogP contribution in [0, 0.1) is 12.3 Å². The fourth-order valence-corrected chi connectivity index (χ4v) is 3.35. The molecule has 2 aromatic carbocycles. The first-order valence-electron chi connectivity index (χ1n) is 9.32. The van der Waals surface area contributed by atoms with Gasteiger partial charge in [0.25, 0.3) is 5.91 Å². The average Bonchev–Trinajstić information content (AvgIpc) is 3.09. The van der Waals surface area contributed by atoms with Gasteiger partial charge in [-0.25, -0.2) is 4.98 Å². The number of hydrogen-bond acceptors (Lipinski definition) is 4. The van der Waals surface area contributed by atoms with Gasteiger partial charge in [-0.2, -0.15) is 0 Å². The van der Waals surface area contributed by atoms with Crippen molar-refractivity contribution in [2.45, 2.75) is 19.6 Å². The molecule has 4 rings (SSSR count). The van der Waals surface area contributed by atoms with E-state index in [-0.39, 0.29) is 12.5 Å². The summed E-state index contributed by atoms with van der Waals surface area (Å²) in [5.74, 6) is 2.34. The smallest absolute Gasteiger partial charge is 0.271 e. The maximum atomic E-state index is 12.6. The summed E-state index contributed by atoms with van der Waals surface area (Å²) >= 11 is 0. The number of rotatable bonds is 4. The number of nitrogens with one attached hydrogen (secondary N) is 1. The quantitative estimate of drug-likeness (QED) is 0.678. The molecule has 6 heteroatoms. The number of nitrogens with zero attached hydrogens (tertiary/aromatic N) is 3. The van der Waals surface area contributed by atoms with Crippen molar-refractivity contribution in [3.05, 3.63) is 82.9 Å². The van der Waals surface area contributed by atoms with E-state index in [1.165, 1.54) is 0 Å². The molecular weight excluding hydrogens is 364 g/mol. The van der Waals surface area contributed by atoms with E-state index in [0.29, 0.717) is 17.9 Å². The summed E-state index contributed by atoms with van der Waals surface area (Å²) in [6.45, 7) is 2.07. The molecule has 0 saturated carbocycles. The fourth-order valence-electron chi connectivity index (χ4n) is 3.35. The Hall–Kier alpha value is -3.69. The van der Waals surface area contributed by atoms with Gasteiger partial charge in [0.1, 0.15) is 6.33 Å². The van der Waals surface area contributed by atoms with Gasteiger partial charge in [0.15, 0.2) is 5.69 Å². The lowest BCUT2D eigenvalue weighted by Gasteiger charge is -2.12. The second-order valence-corrected chi connectivity index (χ2v) is 6.88. The number of aliphatic imine (C=N–C) groups is 1. The third-order valence-electron chi connectivity index (χ3n) is 4.75. The highest BCUT2D eigenvalue weighted by molar-refractivity contribution is 6.15. The van der Waals surface area contributed by atoms with E-state index in [4.69, 9.17) is 11.4 Å². The van der Waals surface area contributed by atoms with Gasteiger partial charge in [-0.15, -0.1) is 6.42 Å². The van der Waals surface area contributed by atoms with E-state index in [1.807, 2.05) is 53.1 Å². The second kappa shape index (κ2) is 7.74. The Labute approximate surface area is 168 Å². The molecule has 0 unspecified atom stereocenters. The molecule has 0 bridgehead atoms. The average molecular weight is 384 g/mol. The molecular formula is C23H20N4O2. The normalized spacial score (nSPS) is 13.3. The third kappa shape index (κ3) is 3.56. The van der Waals surface area contributed by atoms with Crippen LogP contribution in [0.4, 0.5) is 0 Å². The summed E-state index contributed by atoms with van der Waals surface area (Å²) in [6, 6.07) is 15.6. The largest absolute Gasteiger partial charge is 0.392 e. The number of carbonyl (C=O) groups is 1. The monoisotopic (exact) mass is 384 g/mol. The number of aliphatic hydroxyl groups excluding tert-OH is 1. The Kier molecular flexibility index (Phi) is 4.98. The zero-order chi connectivity index (χ0) is 20.4. The minimum atomic E-state index is -0.634. The number of aliphatic hydroxyl groups is 1. The number of aromatic nitrogens is 2. The zero-order valence-electron chi connectivity index (χ0n) is 16.0. The van der Waals surface area contributed by atoms with E-state index >= 15 is 0 Å². The molecule has 0 radical (unpaired) electrons. The van der Waals surface area contributed by atoms with Crippen LogP contribution in [0.2, 0.25) is 0 Å². The highest BCUT2D eigenvalue weighted by Crippen LogP contribution is 2.27. The molecule has 0 aliphatic carbocycles. The lowest BCUT2D eigenvalue weighted by Crippen LogP contribution is -2.31. The van der Waals surface area contributed by atoms with Crippen LogP contribution < -0.4 is 5.32 Å². The Morgan fingerprint density at radius 1 is 1.31 bits per heavy atom. The highest BCUT2D eigenvalue weighted by Gasteiger charge is 2.24. The third-order valence-corrected chi connectivity index (χ3v) is 4.75. The van der Waals surface area contributed by atoms with Gasteiger partial charge in [0.05, 0.1) is 29.7 Å². The van der Waals surface area contributed by atoms with Gasteiger partial charge in [-0.1, -0.05) is 36.3 Å². The predicted molar refractivity (Wildman–Crippen MR) is 111 cm³/mol. The van der Waals surface area contributed by atoms with Crippen molar-refractivity contribution >= 4 is 11.6 Å². The van der Waals surface area contributed by atoms with Crippen molar-refractivity contribution in [2.24, 2.45) is 4.99 Å². The number of benzene rings is 2. The maximum absolute atomic E-state index is 12.6. The van der Waals surface area contributed by atoms with Crippen LogP contribution in [0.5, 0.6) is 0 Å². The lowest BCUT2D eigenvalue weighted by molar-refractivity contribution is 0.0918. The first kappa shape index (κ1) is 18.7. The summed E-state index contributed by atoms with van der Waals surface area (Å²) in [5, 5.41) is 12.1. The van der Waals surface area contributed by atoms with Crippen molar-refractivity contribution in [1.82, 2.24) is 14.9 Å². The van der Waals surface area contributed by atoms with E-state index in [0.717, 1.165) is 28.1 Å². The summed E-state index contributed by atoms with van der Waals surface area (Å²) in [5.41, 5.74) is 5.29. The summed E-state index contributed by atoms with van der Waals surface area (Å²) in [4.78, 5) is 21.7. The molecule has 0 spiro atoms. The van der Waals surface area contributed by atoms with Crippen LogP contribution in [0.15, 0.2) is 59.9 Å². The van der Waals surface area contributed by atoms with Gasteiger partial charge in [0, 0.05) is 23.2 Å². The number of imidazole rings is 1. The van der Waals surface area contributed by atoms with Gasteiger partial charge in [-0.05, 0) is 25.1 Å². The SMILES string of the molecule is C#Cc1ccc2c(c1)C(c1ccccc1)=NCc1c(C(=O)NC[C@@H](C)O)ncn1-2. The van der Waals surface area contributed by atoms with Crippen molar-refractivity contribution < 1.29 is 9.90 Å². The van der Waals surface area contributed by atoms with Crippen LogP contribution in [-0.4, -0.2) is 38.9 Å². The summed E-state index contributed by atoms with van der Waals surface area (Å²) < 4.78 is 1.88. The Morgan fingerprint density at radius 2 is 2.10 bits per heavy atom. The Bertz CT molecular complexity index is 1140. The fraction of sp³-hybridized carbons (Fsp3) is 0.174. The molecule has 1 atom stereocenters. The van der Waals surface area contributed by atoms with Crippen molar-refractivity contribution in [3.8, 4) is 18.0 Å². The van der Waals surface area contributed by atoms with Crippen LogP contribution in [0.3, 0.4) is 0 Å². The Morgan fingerprint density at radius 3 is 2.83 bits per heavy atom. The lowest BCUT2D eigenvalue weighted by atomic mass is 9.98. The molecule has 2 N–H and O–H groups in total. The van der Waals surface area contributed by atoms with E-state index in [9.17, 15) is 9.90 Å². The van der Waals surface area contributed by atoms with Gasteiger partial charge >= 0.3 is 0 Å². The molecule has 2 heterocycles. The van der Waals surface area contributed by atoms with Crippen LogP contribution in [-0.2, 0) is 6.54 Å². The van der Waals surface area contributed by atoms with Gasteiger partial charge in [0.2, 0.25) is 0 Å². The second-order valence-electron chi connectivity index (χ2n) is 6.88.